The zero-order chi connectivity index (χ0) is 11.5. The molecule has 0 radical (unpaired) electrons. The van der Waals surface area contributed by atoms with Crippen molar-refractivity contribution >= 4 is 0 Å². The molecule has 0 aliphatic carbocycles. The fourth-order valence-electron chi connectivity index (χ4n) is 1.96. The van der Waals surface area contributed by atoms with Crippen LogP contribution in [-0.4, -0.2) is 5.11 Å². The summed E-state index contributed by atoms with van der Waals surface area (Å²) in [6.07, 6.45) is 0.976. The second-order valence-electron chi connectivity index (χ2n) is 4.03. The van der Waals surface area contributed by atoms with Gasteiger partial charge in [-0.2, -0.15) is 0 Å². The van der Waals surface area contributed by atoms with Crippen molar-refractivity contribution in [3.05, 3.63) is 53.6 Å². The van der Waals surface area contributed by atoms with Crippen LogP contribution in [0.25, 0.3) is 11.1 Å². The molecule has 0 heterocycles. The van der Waals surface area contributed by atoms with Crippen molar-refractivity contribution < 1.29 is 5.11 Å². The molecule has 2 aromatic rings. The molecule has 0 atom stereocenters. The Hall–Kier alpha value is -1.76. The fourth-order valence-corrected chi connectivity index (χ4v) is 1.96. The van der Waals surface area contributed by atoms with Crippen LogP contribution in [-0.2, 0) is 6.42 Å². The molecule has 0 aliphatic rings. The minimum Gasteiger partial charge on any atom is -0.507 e. The normalized spacial score (nSPS) is 10.4. The first kappa shape index (κ1) is 10.7. The van der Waals surface area contributed by atoms with Crippen molar-refractivity contribution in [3.8, 4) is 16.9 Å². The quantitative estimate of drug-likeness (QED) is 0.799. The molecule has 0 bridgehead atoms. The van der Waals surface area contributed by atoms with Gasteiger partial charge in [0, 0.05) is 5.56 Å². The third-order valence-corrected chi connectivity index (χ3v) is 2.84. The first-order chi connectivity index (χ1) is 7.72. The summed E-state index contributed by atoms with van der Waals surface area (Å²) in [5.74, 6) is 0.353. The number of hydrogen-bond acceptors (Lipinski definition) is 1. The minimum absolute atomic E-state index is 0.353. The van der Waals surface area contributed by atoms with Gasteiger partial charge in [-0.25, -0.2) is 0 Å². The molecule has 0 unspecified atom stereocenters. The van der Waals surface area contributed by atoms with Crippen LogP contribution in [0.2, 0.25) is 0 Å². The highest BCUT2D eigenvalue weighted by Gasteiger charge is 2.07. The molecule has 82 valence electrons. The third-order valence-electron chi connectivity index (χ3n) is 2.84. The monoisotopic (exact) mass is 212 g/mol. The topological polar surface area (TPSA) is 20.2 Å². The van der Waals surface area contributed by atoms with Gasteiger partial charge in [0.15, 0.2) is 0 Å². The summed E-state index contributed by atoms with van der Waals surface area (Å²) < 4.78 is 0. The maximum absolute atomic E-state index is 9.91. The van der Waals surface area contributed by atoms with Crippen molar-refractivity contribution in [1.82, 2.24) is 0 Å². The maximum Gasteiger partial charge on any atom is 0.123 e. The molecule has 0 fully saturated rings. The summed E-state index contributed by atoms with van der Waals surface area (Å²) in [7, 11) is 0. The van der Waals surface area contributed by atoms with Crippen LogP contribution in [0.15, 0.2) is 42.5 Å². The van der Waals surface area contributed by atoms with Gasteiger partial charge in [-0.3, -0.25) is 0 Å². The molecule has 1 nitrogen and oxygen atoms in total. The van der Waals surface area contributed by atoms with Crippen LogP contribution >= 0.6 is 0 Å². The van der Waals surface area contributed by atoms with Gasteiger partial charge >= 0.3 is 0 Å². The van der Waals surface area contributed by atoms with E-state index in [9.17, 15) is 5.11 Å². The Bertz CT molecular complexity index is 501. The Morgan fingerprint density at radius 3 is 2.50 bits per heavy atom. The summed E-state index contributed by atoms with van der Waals surface area (Å²) in [6, 6.07) is 13.9. The average Bonchev–Trinajstić information content (AvgIpc) is 2.32. The molecular formula is C15H16O. The molecule has 1 N–H and O–H groups in total. The van der Waals surface area contributed by atoms with Gasteiger partial charge in [0.05, 0.1) is 0 Å². The molecule has 0 amide bonds. The van der Waals surface area contributed by atoms with Crippen LogP contribution < -0.4 is 0 Å². The van der Waals surface area contributed by atoms with E-state index in [1.807, 2.05) is 31.2 Å². The van der Waals surface area contributed by atoms with Gasteiger partial charge < -0.3 is 5.11 Å². The van der Waals surface area contributed by atoms with Gasteiger partial charge in [-0.15, -0.1) is 0 Å². The molecule has 0 saturated carbocycles. The number of phenols is 1. The van der Waals surface area contributed by atoms with Gasteiger partial charge in [-0.05, 0) is 36.6 Å². The second kappa shape index (κ2) is 4.40. The van der Waals surface area contributed by atoms with Gasteiger partial charge in [0.1, 0.15) is 5.75 Å². The standard InChI is InChI=1S/C15H16O/c1-3-12-6-4-5-7-13(12)14-10-11(2)8-9-15(14)16/h4-10,16H,3H2,1-2H3. The molecule has 0 aliphatic heterocycles. The van der Waals surface area contributed by atoms with Crippen LogP contribution in [0.1, 0.15) is 18.1 Å². The number of aromatic hydroxyl groups is 1. The largest absolute Gasteiger partial charge is 0.507 e. The van der Waals surface area contributed by atoms with Crippen molar-refractivity contribution in [2.45, 2.75) is 20.3 Å². The Kier molecular flexibility index (Phi) is 2.95. The third kappa shape index (κ3) is 1.94. The van der Waals surface area contributed by atoms with Gasteiger partial charge in [-0.1, -0.05) is 42.8 Å². The zero-order valence-electron chi connectivity index (χ0n) is 9.70. The fraction of sp³-hybridized carbons (Fsp3) is 0.200. The van der Waals surface area contributed by atoms with E-state index < -0.39 is 0 Å². The Balaban J connectivity index is 2.62. The van der Waals surface area contributed by atoms with E-state index in [0.717, 1.165) is 17.5 Å². The number of benzene rings is 2. The minimum atomic E-state index is 0.353. The summed E-state index contributed by atoms with van der Waals surface area (Å²) in [5.41, 5.74) is 4.49. The smallest absolute Gasteiger partial charge is 0.123 e. The summed E-state index contributed by atoms with van der Waals surface area (Å²) in [6.45, 7) is 4.17. The van der Waals surface area contributed by atoms with E-state index in [0.29, 0.717) is 5.75 Å². The van der Waals surface area contributed by atoms with Crippen LogP contribution in [0, 0.1) is 6.92 Å². The number of aryl methyl sites for hydroxylation is 2. The van der Waals surface area contributed by atoms with E-state index >= 15 is 0 Å². The molecule has 0 spiro atoms. The number of rotatable bonds is 2. The van der Waals surface area contributed by atoms with E-state index in [2.05, 4.69) is 19.1 Å². The highest BCUT2D eigenvalue weighted by molar-refractivity contribution is 5.73. The second-order valence-corrected chi connectivity index (χ2v) is 4.03. The molecule has 0 aromatic heterocycles. The molecule has 16 heavy (non-hydrogen) atoms. The van der Waals surface area contributed by atoms with E-state index in [-0.39, 0.29) is 0 Å². The van der Waals surface area contributed by atoms with Crippen molar-refractivity contribution in [2.75, 3.05) is 0 Å². The SMILES string of the molecule is CCc1ccccc1-c1cc(C)ccc1O. The Morgan fingerprint density at radius 2 is 1.75 bits per heavy atom. The molecular weight excluding hydrogens is 196 g/mol. The predicted molar refractivity (Wildman–Crippen MR) is 67.7 cm³/mol. The van der Waals surface area contributed by atoms with Gasteiger partial charge in [0.25, 0.3) is 0 Å². The lowest BCUT2D eigenvalue weighted by Crippen LogP contribution is -1.88. The number of hydrogen-bond donors (Lipinski definition) is 1. The first-order valence-corrected chi connectivity index (χ1v) is 5.60. The first-order valence-electron chi connectivity index (χ1n) is 5.60. The van der Waals surface area contributed by atoms with Crippen LogP contribution in [0.3, 0.4) is 0 Å². The summed E-state index contributed by atoms with van der Waals surface area (Å²) >= 11 is 0. The number of phenolic OH excluding ortho intramolecular Hbond substituents is 1. The lowest BCUT2D eigenvalue weighted by molar-refractivity contribution is 0.477. The lowest BCUT2D eigenvalue weighted by atomic mass is 9.96. The summed E-state index contributed by atoms with van der Waals surface area (Å²) in [5, 5.41) is 9.91. The zero-order valence-corrected chi connectivity index (χ0v) is 9.70. The van der Waals surface area contributed by atoms with E-state index in [1.54, 1.807) is 6.07 Å². The van der Waals surface area contributed by atoms with Crippen molar-refractivity contribution in [2.24, 2.45) is 0 Å². The highest BCUT2D eigenvalue weighted by atomic mass is 16.3. The molecule has 2 aromatic carbocycles. The Morgan fingerprint density at radius 1 is 1.00 bits per heavy atom. The molecule has 2 rings (SSSR count). The van der Waals surface area contributed by atoms with Crippen LogP contribution in [0.4, 0.5) is 0 Å². The van der Waals surface area contributed by atoms with Crippen LogP contribution in [0.5, 0.6) is 5.75 Å². The van der Waals surface area contributed by atoms with E-state index in [1.165, 1.54) is 11.1 Å². The highest BCUT2D eigenvalue weighted by Crippen LogP contribution is 2.32. The van der Waals surface area contributed by atoms with Gasteiger partial charge in [0.2, 0.25) is 0 Å². The lowest BCUT2D eigenvalue weighted by Gasteiger charge is -2.10. The predicted octanol–water partition coefficient (Wildman–Crippen LogP) is 3.93. The summed E-state index contributed by atoms with van der Waals surface area (Å²) in [4.78, 5) is 0. The molecule has 0 saturated heterocycles. The Labute approximate surface area is 96.4 Å². The maximum atomic E-state index is 9.91. The average molecular weight is 212 g/mol. The van der Waals surface area contributed by atoms with Crippen molar-refractivity contribution in [1.29, 1.82) is 0 Å². The van der Waals surface area contributed by atoms with E-state index in [4.69, 9.17) is 0 Å². The van der Waals surface area contributed by atoms with Crippen molar-refractivity contribution in [3.63, 3.8) is 0 Å². The molecule has 1 heteroatoms.